The Hall–Kier alpha value is -4.20. The Kier molecular flexibility index (Phi) is 6.35. The van der Waals surface area contributed by atoms with E-state index >= 15 is 0 Å². The summed E-state index contributed by atoms with van der Waals surface area (Å²) in [4.78, 5) is 36.0. The first-order valence-corrected chi connectivity index (χ1v) is 10.7. The molecule has 33 heavy (non-hydrogen) atoms. The van der Waals surface area contributed by atoms with Crippen molar-refractivity contribution in [2.75, 3.05) is 6.61 Å². The number of unbranched alkanes of at least 4 members (excludes halogenated alkanes) is 1. The fourth-order valence-electron chi connectivity index (χ4n) is 3.50. The minimum Gasteiger partial charge on any atom is -0.494 e. The van der Waals surface area contributed by atoms with E-state index in [0.29, 0.717) is 17.9 Å². The molecule has 2 heterocycles. The van der Waals surface area contributed by atoms with Crippen LogP contribution in [0.4, 0.5) is 4.79 Å². The van der Waals surface area contributed by atoms with Gasteiger partial charge in [0.2, 0.25) is 0 Å². The van der Waals surface area contributed by atoms with Crippen molar-refractivity contribution in [2.24, 2.45) is 0 Å². The van der Waals surface area contributed by atoms with Crippen molar-refractivity contribution in [1.82, 2.24) is 20.4 Å². The lowest BCUT2D eigenvalue weighted by molar-refractivity contribution is -0.123. The Morgan fingerprint density at radius 1 is 1.03 bits per heavy atom. The zero-order valence-electron chi connectivity index (χ0n) is 18.4. The van der Waals surface area contributed by atoms with Crippen LogP contribution in [0.2, 0.25) is 0 Å². The van der Waals surface area contributed by atoms with E-state index in [1.807, 2.05) is 55.5 Å². The Labute approximate surface area is 191 Å². The Bertz CT molecular complexity index is 1220. The molecule has 0 saturated carbocycles. The Morgan fingerprint density at radius 3 is 2.42 bits per heavy atom. The van der Waals surface area contributed by atoms with Crippen molar-refractivity contribution in [3.8, 4) is 22.7 Å². The van der Waals surface area contributed by atoms with Gasteiger partial charge in [-0.25, -0.2) is 9.48 Å². The van der Waals surface area contributed by atoms with Crippen LogP contribution in [0, 0.1) is 6.92 Å². The normalized spacial score (nSPS) is 13.5. The SMILES string of the molecule is CCCCOc1ccc(-c2nn(-c3ccccc3)cc2C=C2C(=O)NC(=O)NC2=O)c(C)c1. The van der Waals surface area contributed by atoms with Crippen molar-refractivity contribution < 1.29 is 19.1 Å². The lowest BCUT2D eigenvalue weighted by Gasteiger charge is -2.14. The van der Waals surface area contributed by atoms with E-state index in [1.165, 1.54) is 6.08 Å². The number of benzene rings is 2. The van der Waals surface area contributed by atoms with Gasteiger partial charge in [-0.1, -0.05) is 31.5 Å². The molecule has 0 bridgehead atoms. The van der Waals surface area contributed by atoms with E-state index in [0.717, 1.165) is 35.4 Å². The predicted octanol–water partition coefficient (Wildman–Crippen LogP) is 3.78. The molecule has 4 amide bonds. The standard InChI is InChI=1S/C25H24N4O4/c1-3-4-12-33-19-10-11-20(16(2)13-19)22-17(14-21-23(30)26-25(32)27-24(21)31)15-29(28-22)18-8-6-5-7-9-18/h5-11,13-15H,3-4,12H2,1-2H3,(H2,26,27,30,31,32). The number of nitrogens with one attached hydrogen (secondary N) is 2. The van der Waals surface area contributed by atoms with Gasteiger partial charge in [0.15, 0.2) is 0 Å². The first-order chi connectivity index (χ1) is 16.0. The summed E-state index contributed by atoms with van der Waals surface area (Å²) >= 11 is 0. The van der Waals surface area contributed by atoms with Gasteiger partial charge in [-0.2, -0.15) is 5.10 Å². The second kappa shape index (κ2) is 9.52. The lowest BCUT2D eigenvalue weighted by atomic mass is 10.0. The molecule has 1 fully saturated rings. The molecule has 8 nitrogen and oxygen atoms in total. The number of para-hydroxylation sites is 1. The van der Waals surface area contributed by atoms with Crippen LogP contribution in [-0.2, 0) is 9.59 Å². The van der Waals surface area contributed by atoms with E-state index in [2.05, 4.69) is 17.6 Å². The molecule has 0 atom stereocenters. The molecule has 1 aromatic heterocycles. The summed E-state index contributed by atoms with van der Waals surface area (Å²) < 4.78 is 7.50. The summed E-state index contributed by atoms with van der Waals surface area (Å²) in [6, 6.07) is 14.4. The maximum Gasteiger partial charge on any atom is 0.328 e. The Morgan fingerprint density at radius 2 is 1.76 bits per heavy atom. The summed E-state index contributed by atoms with van der Waals surface area (Å²) in [6.07, 6.45) is 5.23. The van der Waals surface area contributed by atoms with Crippen LogP contribution in [-0.4, -0.2) is 34.2 Å². The Balaban J connectivity index is 1.78. The topological polar surface area (TPSA) is 102 Å². The molecular formula is C25H24N4O4. The van der Waals surface area contributed by atoms with Crippen molar-refractivity contribution >= 4 is 23.9 Å². The summed E-state index contributed by atoms with van der Waals surface area (Å²) in [5, 5.41) is 8.95. The number of amides is 4. The van der Waals surface area contributed by atoms with Gasteiger partial charge in [0, 0.05) is 17.3 Å². The number of aryl methyl sites for hydroxylation is 1. The van der Waals surface area contributed by atoms with Gasteiger partial charge in [-0.05, 0) is 55.3 Å². The van der Waals surface area contributed by atoms with E-state index in [9.17, 15) is 14.4 Å². The summed E-state index contributed by atoms with van der Waals surface area (Å²) in [7, 11) is 0. The minimum atomic E-state index is -0.836. The van der Waals surface area contributed by atoms with Crippen LogP contribution in [0.1, 0.15) is 30.9 Å². The van der Waals surface area contributed by atoms with Crippen LogP contribution < -0.4 is 15.4 Å². The molecule has 2 N–H and O–H groups in total. The molecule has 0 aliphatic carbocycles. The highest BCUT2D eigenvalue weighted by atomic mass is 16.5. The van der Waals surface area contributed by atoms with Gasteiger partial charge < -0.3 is 4.74 Å². The van der Waals surface area contributed by atoms with E-state index in [4.69, 9.17) is 9.84 Å². The molecule has 3 aromatic rings. The summed E-state index contributed by atoms with van der Waals surface area (Å²) in [6.45, 7) is 4.72. The van der Waals surface area contributed by atoms with Crippen molar-refractivity contribution in [2.45, 2.75) is 26.7 Å². The van der Waals surface area contributed by atoms with Crippen LogP contribution in [0.15, 0.2) is 60.3 Å². The fourth-order valence-corrected chi connectivity index (χ4v) is 3.50. The lowest BCUT2D eigenvalue weighted by Crippen LogP contribution is -2.51. The molecule has 4 rings (SSSR count). The molecule has 1 aliphatic heterocycles. The second-order valence-electron chi connectivity index (χ2n) is 7.69. The predicted molar refractivity (Wildman–Crippen MR) is 124 cm³/mol. The number of hydrogen-bond acceptors (Lipinski definition) is 5. The number of imide groups is 2. The zero-order valence-corrected chi connectivity index (χ0v) is 18.4. The second-order valence-corrected chi connectivity index (χ2v) is 7.69. The molecule has 0 unspecified atom stereocenters. The molecule has 1 saturated heterocycles. The molecule has 0 radical (unpaired) electrons. The van der Waals surface area contributed by atoms with Crippen molar-refractivity contribution in [1.29, 1.82) is 0 Å². The molecule has 8 heteroatoms. The number of barbiturate groups is 1. The van der Waals surface area contributed by atoms with Gasteiger partial charge in [0.1, 0.15) is 17.0 Å². The monoisotopic (exact) mass is 444 g/mol. The third kappa shape index (κ3) is 4.85. The highest BCUT2D eigenvalue weighted by Gasteiger charge is 2.28. The van der Waals surface area contributed by atoms with Gasteiger partial charge in [-0.15, -0.1) is 0 Å². The molecule has 2 aromatic carbocycles. The fraction of sp³-hybridized carbons (Fsp3) is 0.200. The molecular weight excluding hydrogens is 420 g/mol. The summed E-state index contributed by atoms with van der Waals surface area (Å²) in [5.41, 5.74) is 3.61. The number of aromatic nitrogens is 2. The first-order valence-electron chi connectivity index (χ1n) is 10.7. The number of carbonyl (C=O) groups excluding carboxylic acids is 3. The average molecular weight is 444 g/mol. The molecule has 1 aliphatic rings. The number of carbonyl (C=O) groups is 3. The van der Waals surface area contributed by atoms with Gasteiger partial charge >= 0.3 is 6.03 Å². The number of ether oxygens (including phenoxy) is 1. The van der Waals surface area contributed by atoms with Gasteiger partial charge in [0.25, 0.3) is 11.8 Å². The first kappa shape index (κ1) is 22.0. The quantitative estimate of drug-likeness (QED) is 0.328. The number of hydrogen-bond donors (Lipinski definition) is 2. The van der Waals surface area contributed by atoms with Crippen LogP contribution >= 0.6 is 0 Å². The smallest absolute Gasteiger partial charge is 0.328 e. The third-order valence-corrected chi connectivity index (χ3v) is 5.23. The zero-order chi connectivity index (χ0) is 23.4. The average Bonchev–Trinajstić information content (AvgIpc) is 3.21. The number of rotatable bonds is 7. The van der Waals surface area contributed by atoms with Crippen LogP contribution in [0.3, 0.4) is 0 Å². The van der Waals surface area contributed by atoms with Crippen molar-refractivity contribution in [3.63, 3.8) is 0 Å². The van der Waals surface area contributed by atoms with Crippen molar-refractivity contribution in [3.05, 3.63) is 71.4 Å². The van der Waals surface area contributed by atoms with Gasteiger partial charge in [0.05, 0.1) is 12.3 Å². The molecule has 0 spiro atoms. The van der Waals surface area contributed by atoms with E-state index in [1.54, 1.807) is 10.9 Å². The largest absolute Gasteiger partial charge is 0.494 e. The number of urea groups is 1. The highest BCUT2D eigenvalue weighted by molar-refractivity contribution is 6.31. The van der Waals surface area contributed by atoms with Crippen LogP contribution in [0.25, 0.3) is 23.0 Å². The van der Waals surface area contributed by atoms with Gasteiger partial charge in [-0.3, -0.25) is 20.2 Å². The van der Waals surface area contributed by atoms with E-state index < -0.39 is 17.8 Å². The number of nitrogens with zero attached hydrogens (tertiary/aromatic N) is 2. The summed E-state index contributed by atoms with van der Waals surface area (Å²) in [5.74, 6) is -0.728. The maximum atomic E-state index is 12.3. The molecule has 168 valence electrons. The maximum absolute atomic E-state index is 12.3. The highest BCUT2D eigenvalue weighted by Crippen LogP contribution is 2.31. The van der Waals surface area contributed by atoms with E-state index in [-0.39, 0.29) is 5.57 Å². The van der Waals surface area contributed by atoms with Crippen LogP contribution in [0.5, 0.6) is 5.75 Å². The third-order valence-electron chi connectivity index (χ3n) is 5.23. The minimum absolute atomic E-state index is 0.166.